The largest absolute Gasteiger partial charge is 0.493 e. The van der Waals surface area contributed by atoms with Gasteiger partial charge in [0, 0.05) is 51.6 Å². The fraction of sp³-hybridized carbons (Fsp3) is 0.611. The quantitative estimate of drug-likeness (QED) is 0.204. The SMILES string of the molecule is CCS(=O)(=O)CCNC(=NC)NCc1ccc(C)cc1OCCCOC.I. The molecule has 2 N–H and O–H groups in total. The molecule has 0 unspecified atom stereocenters. The Balaban J connectivity index is 0.00000676. The first-order valence-corrected chi connectivity index (χ1v) is 10.6. The summed E-state index contributed by atoms with van der Waals surface area (Å²) >= 11 is 0. The van der Waals surface area contributed by atoms with Crippen LogP contribution in [0.1, 0.15) is 24.5 Å². The number of rotatable bonds is 11. The maximum atomic E-state index is 11.5. The minimum absolute atomic E-state index is 0. The molecule has 0 fully saturated rings. The van der Waals surface area contributed by atoms with Crippen LogP contribution in [0.15, 0.2) is 23.2 Å². The van der Waals surface area contributed by atoms with Crippen LogP contribution in [0.25, 0.3) is 0 Å². The molecular weight excluding hydrogens is 481 g/mol. The van der Waals surface area contributed by atoms with E-state index in [0.29, 0.717) is 32.3 Å². The summed E-state index contributed by atoms with van der Waals surface area (Å²) in [6.07, 6.45) is 0.826. The van der Waals surface area contributed by atoms with Gasteiger partial charge < -0.3 is 20.1 Å². The highest BCUT2D eigenvalue weighted by Gasteiger charge is 2.09. The maximum absolute atomic E-state index is 11.5. The predicted octanol–water partition coefficient (Wildman–Crippen LogP) is 2.13. The van der Waals surface area contributed by atoms with E-state index in [1.807, 2.05) is 25.1 Å². The first kappa shape index (κ1) is 25.9. The number of nitrogens with zero attached hydrogens (tertiary/aromatic N) is 1. The Morgan fingerprint density at radius 2 is 1.96 bits per heavy atom. The molecule has 0 saturated heterocycles. The Kier molecular flexibility index (Phi) is 13.4. The lowest BCUT2D eigenvalue weighted by Crippen LogP contribution is -2.39. The van der Waals surface area contributed by atoms with Gasteiger partial charge in [0.2, 0.25) is 0 Å². The summed E-state index contributed by atoms with van der Waals surface area (Å²) in [5.41, 5.74) is 2.14. The van der Waals surface area contributed by atoms with Crippen LogP contribution < -0.4 is 15.4 Å². The van der Waals surface area contributed by atoms with E-state index in [2.05, 4.69) is 15.6 Å². The molecule has 0 aliphatic carbocycles. The van der Waals surface area contributed by atoms with Crippen molar-refractivity contribution in [2.24, 2.45) is 4.99 Å². The summed E-state index contributed by atoms with van der Waals surface area (Å²) in [7, 11) is 0.334. The Morgan fingerprint density at radius 3 is 2.59 bits per heavy atom. The van der Waals surface area contributed by atoms with Gasteiger partial charge in [-0.3, -0.25) is 4.99 Å². The van der Waals surface area contributed by atoms with Crippen molar-refractivity contribution >= 4 is 39.8 Å². The molecule has 1 aromatic carbocycles. The Bertz CT molecular complexity index is 681. The number of methoxy groups -OCH3 is 1. The zero-order valence-corrected chi connectivity index (χ0v) is 19.7. The summed E-state index contributed by atoms with van der Waals surface area (Å²) in [6.45, 7) is 5.77. The van der Waals surface area contributed by atoms with Gasteiger partial charge in [0.15, 0.2) is 15.8 Å². The van der Waals surface area contributed by atoms with E-state index in [4.69, 9.17) is 9.47 Å². The van der Waals surface area contributed by atoms with Gasteiger partial charge in [-0.1, -0.05) is 19.1 Å². The van der Waals surface area contributed by atoms with E-state index < -0.39 is 9.84 Å². The number of sulfone groups is 1. The summed E-state index contributed by atoms with van der Waals surface area (Å²) in [5.74, 6) is 1.62. The van der Waals surface area contributed by atoms with Crippen LogP contribution in [0.2, 0.25) is 0 Å². The second-order valence-electron chi connectivity index (χ2n) is 5.89. The summed E-state index contributed by atoms with van der Waals surface area (Å²) in [6, 6.07) is 6.06. The van der Waals surface area contributed by atoms with Gasteiger partial charge in [-0.05, 0) is 18.6 Å². The minimum atomic E-state index is -2.99. The van der Waals surface area contributed by atoms with Crippen LogP contribution in [0.4, 0.5) is 0 Å². The number of ether oxygens (including phenoxy) is 2. The molecule has 0 spiro atoms. The van der Waals surface area contributed by atoms with Crippen molar-refractivity contribution in [1.82, 2.24) is 10.6 Å². The third-order valence-corrected chi connectivity index (χ3v) is 5.49. The molecule has 0 aliphatic heterocycles. The van der Waals surface area contributed by atoms with E-state index in [1.54, 1.807) is 21.1 Å². The number of nitrogens with one attached hydrogen (secondary N) is 2. The molecule has 1 aromatic rings. The molecule has 0 atom stereocenters. The molecule has 0 aliphatic rings. The number of benzene rings is 1. The number of hydrogen-bond donors (Lipinski definition) is 2. The lowest BCUT2D eigenvalue weighted by Gasteiger charge is -2.15. The average molecular weight is 513 g/mol. The van der Waals surface area contributed by atoms with E-state index in [-0.39, 0.29) is 35.5 Å². The topological polar surface area (TPSA) is 89.0 Å². The summed E-state index contributed by atoms with van der Waals surface area (Å²) in [4.78, 5) is 4.12. The smallest absolute Gasteiger partial charge is 0.191 e. The first-order chi connectivity index (χ1) is 12.4. The van der Waals surface area contributed by atoms with Crippen molar-refractivity contribution in [3.63, 3.8) is 0 Å². The molecule has 27 heavy (non-hydrogen) atoms. The van der Waals surface area contributed by atoms with E-state index in [0.717, 1.165) is 23.3 Å². The second-order valence-corrected chi connectivity index (χ2v) is 8.37. The first-order valence-electron chi connectivity index (χ1n) is 8.78. The fourth-order valence-corrected chi connectivity index (χ4v) is 2.90. The predicted molar refractivity (Wildman–Crippen MR) is 121 cm³/mol. The van der Waals surface area contributed by atoms with E-state index >= 15 is 0 Å². The summed E-state index contributed by atoms with van der Waals surface area (Å²) < 4.78 is 34.0. The number of halogens is 1. The highest BCUT2D eigenvalue weighted by atomic mass is 127. The molecule has 0 amide bonds. The van der Waals surface area contributed by atoms with E-state index in [9.17, 15) is 8.42 Å². The zero-order valence-electron chi connectivity index (χ0n) is 16.6. The number of aryl methyl sites for hydroxylation is 1. The van der Waals surface area contributed by atoms with Gasteiger partial charge in [-0.2, -0.15) is 0 Å². The van der Waals surface area contributed by atoms with Gasteiger partial charge >= 0.3 is 0 Å². The molecular formula is C18H32IN3O4S. The lowest BCUT2D eigenvalue weighted by molar-refractivity contribution is 0.171. The van der Waals surface area contributed by atoms with E-state index in [1.165, 1.54) is 0 Å². The minimum Gasteiger partial charge on any atom is -0.493 e. The maximum Gasteiger partial charge on any atom is 0.191 e. The van der Waals surface area contributed by atoms with Crippen LogP contribution in [-0.2, 0) is 21.1 Å². The fourth-order valence-electron chi connectivity index (χ4n) is 2.20. The second kappa shape index (κ2) is 14.0. The summed E-state index contributed by atoms with van der Waals surface area (Å²) in [5, 5.41) is 6.21. The van der Waals surface area contributed by atoms with Crippen molar-refractivity contribution in [2.75, 3.05) is 45.4 Å². The van der Waals surface area contributed by atoms with Crippen molar-refractivity contribution in [3.8, 4) is 5.75 Å². The number of aliphatic imine (C=N–C) groups is 1. The highest BCUT2D eigenvalue weighted by Crippen LogP contribution is 2.20. The Labute approximate surface area is 180 Å². The number of guanidine groups is 1. The van der Waals surface area contributed by atoms with Crippen molar-refractivity contribution < 1.29 is 17.9 Å². The Morgan fingerprint density at radius 1 is 1.22 bits per heavy atom. The van der Waals surface area contributed by atoms with Gasteiger partial charge in [-0.15, -0.1) is 24.0 Å². The molecule has 0 bridgehead atoms. The highest BCUT2D eigenvalue weighted by molar-refractivity contribution is 14.0. The number of hydrogen-bond acceptors (Lipinski definition) is 5. The molecule has 1 rings (SSSR count). The van der Waals surface area contributed by atoms with Gasteiger partial charge in [0.05, 0.1) is 12.4 Å². The Hall–Kier alpha value is -1.07. The molecule has 7 nitrogen and oxygen atoms in total. The zero-order chi connectivity index (χ0) is 19.4. The van der Waals surface area contributed by atoms with Crippen molar-refractivity contribution in [2.45, 2.75) is 26.8 Å². The monoisotopic (exact) mass is 513 g/mol. The van der Waals surface area contributed by atoms with Gasteiger partial charge in [-0.25, -0.2) is 8.42 Å². The third kappa shape index (κ3) is 10.7. The van der Waals surface area contributed by atoms with Gasteiger partial charge in [0.1, 0.15) is 5.75 Å². The van der Waals surface area contributed by atoms with Crippen LogP contribution in [-0.4, -0.2) is 59.8 Å². The van der Waals surface area contributed by atoms with Crippen LogP contribution in [0.3, 0.4) is 0 Å². The average Bonchev–Trinajstić information content (AvgIpc) is 2.62. The third-order valence-electron chi connectivity index (χ3n) is 3.79. The lowest BCUT2D eigenvalue weighted by atomic mass is 10.1. The van der Waals surface area contributed by atoms with Crippen LogP contribution in [0, 0.1) is 6.92 Å². The molecule has 0 radical (unpaired) electrons. The molecule has 0 heterocycles. The molecule has 0 saturated carbocycles. The standard InChI is InChI=1S/C18H31N3O4S.HI/c1-5-26(22,23)12-9-20-18(19-3)21-14-16-8-7-15(2)13-17(16)25-11-6-10-24-4;/h7-8,13H,5-6,9-12,14H2,1-4H3,(H2,19,20,21);1H. The molecule has 0 aromatic heterocycles. The van der Waals surface area contributed by atoms with Gasteiger partial charge in [0.25, 0.3) is 0 Å². The van der Waals surface area contributed by atoms with Crippen LogP contribution >= 0.6 is 24.0 Å². The molecule has 156 valence electrons. The van der Waals surface area contributed by atoms with Crippen molar-refractivity contribution in [3.05, 3.63) is 29.3 Å². The van der Waals surface area contributed by atoms with Crippen molar-refractivity contribution in [1.29, 1.82) is 0 Å². The van der Waals surface area contributed by atoms with Crippen LogP contribution in [0.5, 0.6) is 5.75 Å². The molecule has 9 heteroatoms. The normalized spacial score (nSPS) is 11.6.